The molecule has 0 bridgehead atoms. The number of rotatable bonds is 4. The number of aromatic nitrogens is 4. The summed E-state index contributed by atoms with van der Waals surface area (Å²) in [7, 11) is 0. The molecule has 152 valence electrons. The number of amides is 1. The third-order valence-corrected chi connectivity index (χ3v) is 5.22. The van der Waals surface area contributed by atoms with Crippen molar-refractivity contribution in [1.82, 2.24) is 25.1 Å². The summed E-state index contributed by atoms with van der Waals surface area (Å²) in [6.45, 7) is 2.36. The van der Waals surface area contributed by atoms with Crippen LogP contribution in [0.3, 0.4) is 0 Å². The molecule has 0 radical (unpaired) electrons. The van der Waals surface area contributed by atoms with Gasteiger partial charge in [-0.2, -0.15) is 17.7 Å². The van der Waals surface area contributed by atoms with E-state index in [1.54, 1.807) is 6.07 Å². The molecule has 28 heavy (non-hydrogen) atoms. The standard InChI is InChI=1S/C17H21F3N6O2/c18-17(19,20)16-23-22-13-3-4-14(24-26(13)16)25-7-5-11(6-8-25)15(27)21-10-12-2-1-9-28-12/h3-4,11-12H,1-2,5-10H2,(H,21,27)/t12-/m0/s1. The zero-order valence-corrected chi connectivity index (χ0v) is 15.2. The fourth-order valence-electron chi connectivity index (χ4n) is 3.66. The summed E-state index contributed by atoms with van der Waals surface area (Å²) in [5, 5.41) is 13.7. The maximum absolute atomic E-state index is 13.0. The lowest BCUT2D eigenvalue weighted by Crippen LogP contribution is -2.42. The van der Waals surface area contributed by atoms with E-state index < -0.39 is 12.0 Å². The second kappa shape index (κ2) is 7.53. The monoisotopic (exact) mass is 398 g/mol. The van der Waals surface area contributed by atoms with E-state index in [1.165, 1.54) is 6.07 Å². The molecule has 1 atom stereocenters. The molecule has 4 heterocycles. The van der Waals surface area contributed by atoms with Crippen LogP contribution < -0.4 is 10.2 Å². The normalized spacial score (nSPS) is 21.4. The molecule has 11 heteroatoms. The van der Waals surface area contributed by atoms with Crippen molar-refractivity contribution in [3.05, 3.63) is 18.0 Å². The number of piperidine rings is 1. The van der Waals surface area contributed by atoms with E-state index in [0.717, 1.165) is 24.0 Å². The van der Waals surface area contributed by atoms with Crippen molar-refractivity contribution in [2.24, 2.45) is 5.92 Å². The molecule has 0 saturated carbocycles. The molecular formula is C17H21F3N6O2. The zero-order chi connectivity index (χ0) is 19.7. The van der Waals surface area contributed by atoms with Gasteiger partial charge in [0.15, 0.2) is 5.65 Å². The number of carbonyl (C=O) groups is 1. The number of carbonyl (C=O) groups excluding carboxylic acids is 1. The molecule has 4 rings (SSSR count). The van der Waals surface area contributed by atoms with Crippen LogP contribution in [-0.2, 0) is 15.7 Å². The van der Waals surface area contributed by atoms with Crippen LogP contribution in [0.25, 0.3) is 5.65 Å². The molecule has 0 unspecified atom stereocenters. The van der Waals surface area contributed by atoms with Gasteiger partial charge < -0.3 is 15.0 Å². The van der Waals surface area contributed by atoms with Crippen LogP contribution in [0.5, 0.6) is 0 Å². The summed E-state index contributed by atoms with van der Waals surface area (Å²) in [5.74, 6) is -0.831. The highest BCUT2D eigenvalue weighted by Gasteiger charge is 2.38. The first-order valence-corrected chi connectivity index (χ1v) is 9.36. The van der Waals surface area contributed by atoms with Gasteiger partial charge in [-0.05, 0) is 37.8 Å². The van der Waals surface area contributed by atoms with Crippen molar-refractivity contribution in [2.75, 3.05) is 31.1 Å². The van der Waals surface area contributed by atoms with Gasteiger partial charge in [0, 0.05) is 32.2 Å². The average molecular weight is 398 g/mol. The van der Waals surface area contributed by atoms with Gasteiger partial charge in [-0.15, -0.1) is 15.3 Å². The third-order valence-electron chi connectivity index (χ3n) is 5.22. The number of alkyl halides is 3. The van der Waals surface area contributed by atoms with Crippen LogP contribution in [0.1, 0.15) is 31.5 Å². The predicted molar refractivity (Wildman–Crippen MR) is 92.7 cm³/mol. The molecule has 1 N–H and O–H groups in total. The lowest BCUT2D eigenvalue weighted by atomic mass is 9.96. The van der Waals surface area contributed by atoms with E-state index in [4.69, 9.17) is 4.74 Å². The molecule has 2 aromatic heterocycles. The molecule has 0 aliphatic carbocycles. The maximum atomic E-state index is 13.0. The number of hydrogen-bond donors (Lipinski definition) is 1. The number of hydrogen-bond acceptors (Lipinski definition) is 6. The fraction of sp³-hybridized carbons (Fsp3) is 0.647. The summed E-state index contributed by atoms with van der Waals surface area (Å²) in [6, 6.07) is 3.09. The van der Waals surface area contributed by atoms with E-state index in [9.17, 15) is 18.0 Å². The Balaban J connectivity index is 1.37. The van der Waals surface area contributed by atoms with Gasteiger partial charge in [0.05, 0.1) is 6.10 Å². The molecule has 0 spiro atoms. The highest BCUT2D eigenvalue weighted by molar-refractivity contribution is 5.79. The van der Waals surface area contributed by atoms with Crippen LogP contribution in [0, 0.1) is 5.92 Å². The van der Waals surface area contributed by atoms with Gasteiger partial charge in [-0.1, -0.05) is 0 Å². The van der Waals surface area contributed by atoms with E-state index >= 15 is 0 Å². The Kier molecular flexibility index (Phi) is 5.09. The van der Waals surface area contributed by atoms with Crippen molar-refractivity contribution in [2.45, 2.75) is 38.0 Å². The van der Waals surface area contributed by atoms with Gasteiger partial charge in [-0.3, -0.25) is 4.79 Å². The van der Waals surface area contributed by atoms with Gasteiger partial charge >= 0.3 is 6.18 Å². The number of anilines is 1. The maximum Gasteiger partial charge on any atom is 0.453 e. The fourth-order valence-corrected chi connectivity index (χ4v) is 3.66. The second-order valence-corrected chi connectivity index (χ2v) is 7.12. The Labute approximate surface area is 159 Å². The SMILES string of the molecule is O=C(NC[C@@H]1CCCO1)C1CCN(c2ccc3nnc(C(F)(F)F)n3n2)CC1. The molecular weight excluding hydrogens is 377 g/mol. The summed E-state index contributed by atoms with van der Waals surface area (Å²) in [6.07, 6.45) is -1.29. The highest BCUT2D eigenvalue weighted by Crippen LogP contribution is 2.28. The van der Waals surface area contributed by atoms with Crippen LogP contribution in [0.15, 0.2) is 12.1 Å². The Morgan fingerprint density at radius 3 is 2.68 bits per heavy atom. The number of ether oxygens (including phenoxy) is 1. The van der Waals surface area contributed by atoms with Crippen molar-refractivity contribution >= 4 is 17.4 Å². The Bertz CT molecular complexity index is 841. The Morgan fingerprint density at radius 1 is 1.21 bits per heavy atom. The Morgan fingerprint density at radius 2 is 2.00 bits per heavy atom. The molecule has 1 amide bonds. The minimum absolute atomic E-state index is 0.0109. The Hall–Kier alpha value is -2.43. The highest BCUT2D eigenvalue weighted by atomic mass is 19.4. The summed E-state index contributed by atoms with van der Waals surface area (Å²) >= 11 is 0. The quantitative estimate of drug-likeness (QED) is 0.843. The van der Waals surface area contributed by atoms with Gasteiger partial charge in [0.25, 0.3) is 5.82 Å². The lowest BCUT2D eigenvalue weighted by molar-refractivity contribution is -0.146. The number of nitrogens with one attached hydrogen (secondary N) is 1. The molecule has 2 saturated heterocycles. The minimum atomic E-state index is -4.63. The molecule has 0 aromatic carbocycles. The number of halogens is 3. The van der Waals surface area contributed by atoms with Crippen molar-refractivity contribution in [3.8, 4) is 0 Å². The first-order chi connectivity index (χ1) is 13.4. The second-order valence-electron chi connectivity index (χ2n) is 7.12. The van der Waals surface area contributed by atoms with Gasteiger partial charge in [0.1, 0.15) is 5.82 Å². The largest absolute Gasteiger partial charge is 0.453 e. The average Bonchev–Trinajstić information content (AvgIpc) is 3.35. The van der Waals surface area contributed by atoms with E-state index in [1.807, 2.05) is 4.90 Å². The molecule has 8 nitrogen and oxygen atoms in total. The third kappa shape index (κ3) is 3.89. The first-order valence-electron chi connectivity index (χ1n) is 9.36. The van der Waals surface area contributed by atoms with E-state index in [0.29, 0.717) is 38.3 Å². The molecule has 2 aromatic rings. The van der Waals surface area contributed by atoms with E-state index in [2.05, 4.69) is 20.6 Å². The smallest absolute Gasteiger partial charge is 0.376 e. The summed E-state index contributed by atoms with van der Waals surface area (Å²) < 4.78 is 45.3. The van der Waals surface area contributed by atoms with Crippen LogP contribution in [0.4, 0.5) is 19.0 Å². The molecule has 2 aliphatic heterocycles. The van der Waals surface area contributed by atoms with Gasteiger partial charge in [0.2, 0.25) is 5.91 Å². The topological polar surface area (TPSA) is 84.6 Å². The van der Waals surface area contributed by atoms with E-state index in [-0.39, 0.29) is 23.6 Å². The zero-order valence-electron chi connectivity index (χ0n) is 15.2. The van der Waals surface area contributed by atoms with Crippen molar-refractivity contribution in [1.29, 1.82) is 0 Å². The number of fused-ring (bicyclic) bond motifs is 1. The van der Waals surface area contributed by atoms with Crippen molar-refractivity contribution in [3.63, 3.8) is 0 Å². The summed E-state index contributed by atoms with van der Waals surface area (Å²) in [5.41, 5.74) is 0.0412. The lowest BCUT2D eigenvalue weighted by Gasteiger charge is -2.32. The van der Waals surface area contributed by atoms with Gasteiger partial charge in [-0.25, -0.2) is 0 Å². The molecule has 2 aliphatic rings. The molecule has 2 fully saturated rings. The predicted octanol–water partition coefficient (Wildman–Crippen LogP) is 1.65. The van der Waals surface area contributed by atoms with Crippen LogP contribution in [-0.4, -0.2) is 58.1 Å². The minimum Gasteiger partial charge on any atom is -0.376 e. The summed E-state index contributed by atoms with van der Waals surface area (Å²) in [4.78, 5) is 14.2. The van der Waals surface area contributed by atoms with Crippen molar-refractivity contribution < 1.29 is 22.7 Å². The number of nitrogens with zero attached hydrogens (tertiary/aromatic N) is 5. The first kappa shape index (κ1) is 18.9. The van der Waals surface area contributed by atoms with Crippen LogP contribution >= 0.6 is 0 Å². The van der Waals surface area contributed by atoms with Crippen LogP contribution in [0.2, 0.25) is 0 Å².